The predicted octanol–water partition coefficient (Wildman–Crippen LogP) is 5.36. The van der Waals surface area contributed by atoms with Crippen molar-refractivity contribution in [3.8, 4) is 0 Å². The number of halogens is 1. The van der Waals surface area contributed by atoms with Crippen molar-refractivity contribution in [2.45, 2.75) is 46.1 Å². The third-order valence-corrected chi connectivity index (χ3v) is 6.77. The van der Waals surface area contributed by atoms with Crippen LogP contribution >= 0.6 is 15.9 Å². The minimum absolute atomic E-state index is 0.0940. The van der Waals surface area contributed by atoms with Crippen molar-refractivity contribution in [1.82, 2.24) is 5.32 Å². The lowest BCUT2D eigenvalue weighted by Crippen LogP contribution is -2.30. The fourth-order valence-corrected chi connectivity index (χ4v) is 4.51. The van der Waals surface area contributed by atoms with Gasteiger partial charge in [0.05, 0.1) is 18.5 Å². The molecule has 0 saturated heterocycles. The number of carbonyl (C=O) groups excluding carboxylic acids is 1. The van der Waals surface area contributed by atoms with Crippen molar-refractivity contribution < 1.29 is 13.2 Å². The Morgan fingerprint density at radius 2 is 1.83 bits per heavy atom. The summed E-state index contributed by atoms with van der Waals surface area (Å²) in [5, 5.41) is 3.02. The zero-order valence-corrected chi connectivity index (χ0v) is 20.3. The minimum atomic E-state index is -3.46. The molecule has 2 rings (SSSR count). The zero-order chi connectivity index (χ0) is 22.1. The molecule has 0 radical (unpaired) electrons. The number of anilines is 1. The summed E-state index contributed by atoms with van der Waals surface area (Å²) in [4.78, 5) is 12.5. The fourth-order valence-electron chi connectivity index (χ4n) is 3.24. The van der Waals surface area contributed by atoms with Gasteiger partial charge in [0.15, 0.2) is 0 Å². The van der Waals surface area contributed by atoms with Gasteiger partial charge in [-0.15, -0.1) is 0 Å². The molecule has 30 heavy (non-hydrogen) atoms. The average Bonchev–Trinajstić information content (AvgIpc) is 2.71. The zero-order valence-electron chi connectivity index (χ0n) is 17.9. The summed E-state index contributed by atoms with van der Waals surface area (Å²) in [5.41, 5.74) is 1.98. The Morgan fingerprint density at radius 3 is 2.40 bits per heavy atom. The van der Waals surface area contributed by atoms with Crippen LogP contribution in [-0.4, -0.2) is 27.1 Å². The highest BCUT2D eigenvalue weighted by molar-refractivity contribution is 9.10. The van der Waals surface area contributed by atoms with Crippen molar-refractivity contribution in [2.24, 2.45) is 5.92 Å². The van der Waals surface area contributed by atoms with Crippen LogP contribution in [0.4, 0.5) is 5.69 Å². The summed E-state index contributed by atoms with van der Waals surface area (Å²) < 4.78 is 26.8. The summed E-state index contributed by atoms with van der Waals surface area (Å²) in [5.74, 6) is 0.408. The summed E-state index contributed by atoms with van der Waals surface area (Å²) in [7, 11) is -3.46. The Bertz CT molecular complexity index is 930. The second-order valence-corrected chi connectivity index (χ2v) is 10.4. The van der Waals surface area contributed by atoms with Gasteiger partial charge in [-0.25, -0.2) is 8.42 Å². The SMILES string of the molecule is CCCC[C@@H](CC)CNC(=O)c1ccc(CN(c2cccc(Br)c2)S(C)(=O)=O)cc1. The van der Waals surface area contributed by atoms with Crippen LogP contribution in [0.1, 0.15) is 55.5 Å². The van der Waals surface area contributed by atoms with Crippen molar-refractivity contribution >= 4 is 37.5 Å². The Labute approximate surface area is 189 Å². The van der Waals surface area contributed by atoms with Crippen LogP contribution in [-0.2, 0) is 16.6 Å². The lowest BCUT2D eigenvalue weighted by atomic mass is 9.99. The first-order chi connectivity index (χ1) is 14.2. The van der Waals surface area contributed by atoms with E-state index in [1.165, 1.54) is 17.0 Å². The summed E-state index contributed by atoms with van der Waals surface area (Å²) >= 11 is 3.39. The Balaban J connectivity index is 2.06. The number of amides is 1. The van der Waals surface area contributed by atoms with E-state index >= 15 is 0 Å². The molecule has 0 aliphatic rings. The van der Waals surface area contributed by atoms with E-state index in [-0.39, 0.29) is 12.5 Å². The van der Waals surface area contributed by atoms with Gasteiger partial charge in [-0.3, -0.25) is 9.10 Å². The van der Waals surface area contributed by atoms with Crippen molar-refractivity contribution in [1.29, 1.82) is 0 Å². The van der Waals surface area contributed by atoms with Crippen molar-refractivity contribution in [3.63, 3.8) is 0 Å². The molecular weight excluding hydrogens is 464 g/mol. The van der Waals surface area contributed by atoms with Gasteiger partial charge in [-0.1, -0.05) is 67.2 Å². The van der Waals surface area contributed by atoms with Gasteiger partial charge in [0.2, 0.25) is 10.0 Å². The molecule has 0 heterocycles. The van der Waals surface area contributed by atoms with E-state index in [2.05, 4.69) is 35.1 Å². The molecule has 0 spiro atoms. The first-order valence-electron chi connectivity index (χ1n) is 10.3. The molecule has 1 N–H and O–H groups in total. The maximum absolute atomic E-state index is 12.5. The first-order valence-corrected chi connectivity index (χ1v) is 13.0. The first kappa shape index (κ1) is 24.4. The number of hydrogen-bond acceptors (Lipinski definition) is 3. The smallest absolute Gasteiger partial charge is 0.251 e. The second kappa shape index (κ2) is 11.5. The lowest BCUT2D eigenvalue weighted by Gasteiger charge is -2.23. The Hall–Kier alpha value is -1.86. The molecule has 0 fully saturated rings. The van der Waals surface area contributed by atoms with E-state index in [4.69, 9.17) is 0 Å². The van der Waals surface area contributed by atoms with Crippen LogP contribution in [0.5, 0.6) is 0 Å². The highest BCUT2D eigenvalue weighted by atomic mass is 79.9. The van der Waals surface area contributed by atoms with Crippen molar-refractivity contribution in [3.05, 3.63) is 64.1 Å². The Kier molecular flexibility index (Phi) is 9.37. The molecule has 0 aromatic heterocycles. The van der Waals surface area contributed by atoms with Crippen molar-refractivity contribution in [2.75, 3.05) is 17.1 Å². The van der Waals surface area contributed by atoms with Gasteiger partial charge < -0.3 is 5.32 Å². The maximum atomic E-state index is 12.5. The lowest BCUT2D eigenvalue weighted by molar-refractivity contribution is 0.0946. The largest absolute Gasteiger partial charge is 0.352 e. The number of carbonyl (C=O) groups is 1. The fraction of sp³-hybridized carbons (Fsp3) is 0.435. The second-order valence-electron chi connectivity index (χ2n) is 7.57. The van der Waals surface area contributed by atoms with E-state index in [0.717, 1.165) is 29.3 Å². The van der Waals surface area contributed by atoms with Gasteiger partial charge in [0, 0.05) is 16.6 Å². The van der Waals surface area contributed by atoms with Gasteiger partial charge in [0.25, 0.3) is 5.91 Å². The van der Waals surface area contributed by atoms with Gasteiger partial charge >= 0.3 is 0 Å². The van der Waals surface area contributed by atoms with Crippen LogP contribution in [0.15, 0.2) is 53.0 Å². The number of hydrogen-bond donors (Lipinski definition) is 1. The highest BCUT2D eigenvalue weighted by Crippen LogP contribution is 2.24. The average molecular weight is 495 g/mol. The number of nitrogens with one attached hydrogen (secondary N) is 1. The molecule has 164 valence electrons. The Morgan fingerprint density at radius 1 is 1.13 bits per heavy atom. The van der Waals surface area contributed by atoms with E-state index < -0.39 is 10.0 Å². The quantitative estimate of drug-likeness (QED) is 0.456. The molecule has 2 aromatic carbocycles. The minimum Gasteiger partial charge on any atom is -0.352 e. The van der Waals surface area contributed by atoms with E-state index in [9.17, 15) is 13.2 Å². The monoisotopic (exact) mass is 494 g/mol. The van der Waals surface area contributed by atoms with Gasteiger partial charge in [0.1, 0.15) is 0 Å². The number of sulfonamides is 1. The number of unbranched alkanes of at least 4 members (excludes halogenated alkanes) is 1. The van der Waals surface area contributed by atoms with Gasteiger partial charge in [-0.05, 0) is 48.2 Å². The topological polar surface area (TPSA) is 66.5 Å². The standard InChI is InChI=1S/C23H31BrN2O3S/c1-4-6-8-18(5-2)16-25-23(27)20-13-11-19(12-14-20)17-26(30(3,28)29)22-10-7-9-21(24)15-22/h7,9-15,18H,4-6,8,16-17H2,1-3H3,(H,25,27)/t18-/m1/s1. The van der Waals surface area contributed by atoms with Crippen LogP contribution < -0.4 is 9.62 Å². The molecule has 0 unspecified atom stereocenters. The predicted molar refractivity (Wildman–Crippen MR) is 127 cm³/mol. The molecule has 1 amide bonds. The third-order valence-electron chi connectivity index (χ3n) is 5.13. The van der Waals surface area contributed by atoms with E-state index in [1.807, 2.05) is 6.07 Å². The van der Waals surface area contributed by atoms with E-state index in [0.29, 0.717) is 23.7 Å². The summed E-state index contributed by atoms with van der Waals surface area (Å²) in [6.07, 6.45) is 5.71. The third kappa shape index (κ3) is 7.43. The molecule has 0 aliphatic heterocycles. The molecule has 1 atom stereocenters. The van der Waals surface area contributed by atoms with E-state index in [1.54, 1.807) is 42.5 Å². The molecular formula is C23H31BrN2O3S. The number of rotatable bonds is 11. The molecule has 0 aliphatic carbocycles. The summed E-state index contributed by atoms with van der Waals surface area (Å²) in [6, 6.07) is 14.3. The molecule has 0 saturated carbocycles. The van der Waals surface area contributed by atoms with Crippen LogP contribution in [0.25, 0.3) is 0 Å². The molecule has 7 heteroatoms. The number of benzene rings is 2. The van der Waals surface area contributed by atoms with Crippen LogP contribution in [0.2, 0.25) is 0 Å². The normalized spacial score (nSPS) is 12.4. The van der Waals surface area contributed by atoms with Gasteiger partial charge in [-0.2, -0.15) is 0 Å². The highest BCUT2D eigenvalue weighted by Gasteiger charge is 2.18. The number of nitrogens with zero attached hydrogens (tertiary/aromatic N) is 1. The summed E-state index contributed by atoms with van der Waals surface area (Å²) in [6.45, 7) is 5.21. The molecule has 5 nitrogen and oxygen atoms in total. The van der Waals surface area contributed by atoms with Crippen LogP contribution in [0.3, 0.4) is 0 Å². The maximum Gasteiger partial charge on any atom is 0.251 e. The molecule has 2 aromatic rings. The van der Waals surface area contributed by atoms with Crippen LogP contribution in [0, 0.1) is 5.92 Å². The molecule has 0 bridgehead atoms.